The van der Waals surface area contributed by atoms with Crippen LogP contribution >= 0.6 is 0 Å². The summed E-state index contributed by atoms with van der Waals surface area (Å²) in [5.74, 6) is 1.04. The van der Waals surface area contributed by atoms with E-state index in [-0.39, 0.29) is 0 Å². The van der Waals surface area contributed by atoms with Gasteiger partial charge in [0.2, 0.25) is 0 Å². The third kappa shape index (κ3) is 17.8. The van der Waals surface area contributed by atoms with Crippen LogP contribution in [0.2, 0.25) is 0 Å². The Morgan fingerprint density at radius 3 is 1.19 bits per heavy atom. The number of hydrogen-bond donors (Lipinski definition) is 1. The molecule has 1 saturated heterocycles. The molecule has 0 spiro atoms. The lowest BCUT2D eigenvalue weighted by Crippen LogP contribution is -2.27. The van der Waals surface area contributed by atoms with E-state index < -0.39 is 0 Å². The number of rotatable bonds is 20. The van der Waals surface area contributed by atoms with Crippen LogP contribution in [0.15, 0.2) is 0 Å². The predicted molar refractivity (Wildman–Crippen MR) is 124 cm³/mol. The molecule has 162 valence electrons. The van der Waals surface area contributed by atoms with Gasteiger partial charge in [0.1, 0.15) is 0 Å². The minimum absolute atomic E-state index is 1.04. The molecule has 0 unspecified atom stereocenters. The fourth-order valence-corrected chi connectivity index (χ4v) is 4.68. The molecule has 0 aliphatic carbocycles. The molecule has 1 heteroatoms. The fraction of sp³-hybridized carbons (Fsp3) is 1.00. The van der Waals surface area contributed by atoms with E-state index in [1.807, 2.05) is 0 Å². The third-order valence-corrected chi connectivity index (χ3v) is 6.67. The smallest absolute Gasteiger partial charge is 0.00463 e. The molecule has 1 fully saturated rings. The van der Waals surface area contributed by atoms with Crippen molar-refractivity contribution in [3.63, 3.8) is 0 Å². The van der Waals surface area contributed by atoms with Gasteiger partial charge in [-0.1, -0.05) is 135 Å². The van der Waals surface area contributed by atoms with Crippen LogP contribution in [0.4, 0.5) is 0 Å². The van der Waals surface area contributed by atoms with Crippen LogP contribution in [0.1, 0.15) is 148 Å². The first-order valence-electron chi connectivity index (χ1n) is 13.1. The van der Waals surface area contributed by atoms with Gasteiger partial charge in [-0.3, -0.25) is 0 Å². The molecule has 0 aromatic carbocycles. The van der Waals surface area contributed by atoms with Crippen LogP contribution in [-0.4, -0.2) is 13.1 Å². The molecular formula is C26H53N. The van der Waals surface area contributed by atoms with Gasteiger partial charge in [0.05, 0.1) is 0 Å². The Morgan fingerprint density at radius 1 is 0.481 bits per heavy atom. The van der Waals surface area contributed by atoms with Crippen LogP contribution < -0.4 is 5.32 Å². The first kappa shape index (κ1) is 25.0. The molecule has 0 amide bonds. The van der Waals surface area contributed by atoms with E-state index in [0.717, 1.165) is 5.92 Å². The van der Waals surface area contributed by atoms with E-state index in [0.29, 0.717) is 0 Å². The van der Waals surface area contributed by atoms with E-state index in [1.165, 1.54) is 154 Å². The molecule has 0 saturated carbocycles. The number of unbranched alkanes of at least 4 members (excludes halogenated alkanes) is 18. The molecule has 1 aliphatic heterocycles. The molecule has 1 aliphatic rings. The van der Waals surface area contributed by atoms with E-state index in [4.69, 9.17) is 0 Å². The molecule has 27 heavy (non-hydrogen) atoms. The summed E-state index contributed by atoms with van der Waals surface area (Å²) >= 11 is 0. The number of hydrogen-bond acceptors (Lipinski definition) is 1. The van der Waals surface area contributed by atoms with Crippen molar-refractivity contribution in [2.45, 2.75) is 148 Å². The van der Waals surface area contributed by atoms with Crippen molar-refractivity contribution in [1.29, 1.82) is 0 Å². The highest BCUT2D eigenvalue weighted by Gasteiger charge is 2.11. The molecular weight excluding hydrogens is 326 g/mol. The monoisotopic (exact) mass is 379 g/mol. The highest BCUT2D eigenvalue weighted by Crippen LogP contribution is 2.20. The maximum Gasteiger partial charge on any atom is -0.00463 e. The molecule has 0 bridgehead atoms. The number of piperidine rings is 1. The first-order valence-corrected chi connectivity index (χ1v) is 13.1. The maximum atomic E-state index is 3.48. The van der Waals surface area contributed by atoms with Crippen LogP contribution in [0, 0.1) is 5.92 Å². The van der Waals surface area contributed by atoms with Crippen LogP contribution in [0.25, 0.3) is 0 Å². The van der Waals surface area contributed by atoms with Crippen LogP contribution in [0.3, 0.4) is 0 Å². The minimum atomic E-state index is 1.04. The minimum Gasteiger partial charge on any atom is -0.317 e. The molecule has 0 aromatic heterocycles. The summed E-state index contributed by atoms with van der Waals surface area (Å²) in [4.78, 5) is 0. The zero-order valence-electron chi connectivity index (χ0n) is 19.0. The zero-order valence-corrected chi connectivity index (χ0v) is 19.0. The highest BCUT2D eigenvalue weighted by atomic mass is 14.9. The van der Waals surface area contributed by atoms with E-state index in [9.17, 15) is 0 Å². The summed E-state index contributed by atoms with van der Waals surface area (Å²) in [6, 6.07) is 0. The Labute approximate surface area is 172 Å². The maximum absolute atomic E-state index is 3.48. The van der Waals surface area contributed by atoms with E-state index >= 15 is 0 Å². The van der Waals surface area contributed by atoms with Gasteiger partial charge in [-0.25, -0.2) is 0 Å². The largest absolute Gasteiger partial charge is 0.317 e. The molecule has 1 rings (SSSR count). The van der Waals surface area contributed by atoms with Crippen molar-refractivity contribution in [2.24, 2.45) is 5.92 Å². The van der Waals surface area contributed by atoms with Crippen LogP contribution in [-0.2, 0) is 0 Å². The lowest BCUT2D eigenvalue weighted by Gasteiger charge is -2.22. The Bertz CT molecular complexity index is 269. The quantitative estimate of drug-likeness (QED) is 0.208. The second-order valence-corrected chi connectivity index (χ2v) is 9.35. The summed E-state index contributed by atoms with van der Waals surface area (Å²) in [5.41, 5.74) is 0. The van der Waals surface area contributed by atoms with Crippen molar-refractivity contribution >= 4 is 0 Å². The van der Waals surface area contributed by atoms with E-state index in [1.54, 1.807) is 0 Å². The molecule has 1 N–H and O–H groups in total. The van der Waals surface area contributed by atoms with E-state index in [2.05, 4.69) is 12.2 Å². The second-order valence-electron chi connectivity index (χ2n) is 9.35. The van der Waals surface area contributed by atoms with Crippen molar-refractivity contribution in [1.82, 2.24) is 5.32 Å². The van der Waals surface area contributed by atoms with Crippen LogP contribution in [0.5, 0.6) is 0 Å². The van der Waals surface area contributed by atoms with Gasteiger partial charge in [-0.15, -0.1) is 0 Å². The average molecular weight is 380 g/mol. The zero-order chi connectivity index (χ0) is 19.3. The van der Waals surface area contributed by atoms with Crippen molar-refractivity contribution in [3.05, 3.63) is 0 Å². The van der Waals surface area contributed by atoms with Gasteiger partial charge in [0.15, 0.2) is 0 Å². The van der Waals surface area contributed by atoms with Crippen molar-refractivity contribution < 1.29 is 0 Å². The lowest BCUT2D eigenvalue weighted by molar-refractivity contribution is 0.342. The van der Waals surface area contributed by atoms with Crippen molar-refractivity contribution in [2.75, 3.05) is 13.1 Å². The first-order chi connectivity index (χ1) is 13.4. The molecule has 0 aromatic rings. The van der Waals surface area contributed by atoms with Gasteiger partial charge >= 0.3 is 0 Å². The summed E-state index contributed by atoms with van der Waals surface area (Å²) in [5, 5.41) is 3.48. The molecule has 1 heterocycles. The van der Waals surface area contributed by atoms with Gasteiger partial charge in [0.25, 0.3) is 0 Å². The van der Waals surface area contributed by atoms with Gasteiger partial charge in [-0.2, -0.15) is 0 Å². The standard InChI is InChI=1S/C26H53N/c1-2-3-4-5-6-7-8-9-10-11-12-13-14-15-16-17-18-19-20-21-26-22-24-27-25-23-26/h26-27H,2-25H2,1H3. The van der Waals surface area contributed by atoms with Crippen molar-refractivity contribution in [3.8, 4) is 0 Å². The highest BCUT2D eigenvalue weighted by molar-refractivity contribution is 4.68. The summed E-state index contributed by atoms with van der Waals surface area (Å²) in [6.07, 6.45) is 32.5. The summed E-state index contributed by atoms with van der Waals surface area (Å²) in [7, 11) is 0. The molecule has 0 radical (unpaired) electrons. The molecule has 1 nitrogen and oxygen atoms in total. The Kier molecular flexibility index (Phi) is 19.2. The van der Waals surface area contributed by atoms with Gasteiger partial charge in [-0.05, 0) is 31.8 Å². The average Bonchev–Trinajstić information content (AvgIpc) is 2.70. The Hall–Kier alpha value is -0.0400. The van der Waals surface area contributed by atoms with Gasteiger partial charge in [0, 0.05) is 0 Å². The SMILES string of the molecule is CCCCCCCCCCCCCCCCCCCCCC1CCNCC1. The fourth-order valence-electron chi connectivity index (χ4n) is 4.68. The Morgan fingerprint density at radius 2 is 0.815 bits per heavy atom. The lowest BCUT2D eigenvalue weighted by atomic mass is 9.92. The molecule has 0 atom stereocenters. The van der Waals surface area contributed by atoms with Gasteiger partial charge < -0.3 is 5.32 Å². The summed E-state index contributed by atoms with van der Waals surface area (Å²) < 4.78 is 0. The topological polar surface area (TPSA) is 12.0 Å². The number of nitrogens with one attached hydrogen (secondary N) is 1. The normalized spacial score (nSPS) is 15.4. The predicted octanol–water partition coefficient (Wildman–Crippen LogP) is 8.81. The third-order valence-electron chi connectivity index (χ3n) is 6.67. The second kappa shape index (κ2) is 20.7. The Balaban J connectivity index is 1.64. The summed E-state index contributed by atoms with van der Waals surface area (Å²) in [6.45, 7) is 4.84.